The highest BCUT2D eigenvalue weighted by Gasteiger charge is 1.97. The van der Waals surface area contributed by atoms with Crippen LogP contribution >= 0.6 is 12.6 Å². The summed E-state index contributed by atoms with van der Waals surface area (Å²) in [4.78, 5) is 0. The Kier molecular flexibility index (Phi) is 3.30. The molecule has 11 heavy (non-hydrogen) atoms. The summed E-state index contributed by atoms with van der Waals surface area (Å²) in [5.41, 5.74) is 1.15. The molecule has 0 aliphatic carbocycles. The third kappa shape index (κ3) is 2.15. The van der Waals surface area contributed by atoms with Gasteiger partial charge in [-0.05, 0) is 13.0 Å². The van der Waals surface area contributed by atoms with Gasteiger partial charge in [0.25, 0.3) is 0 Å². The lowest BCUT2D eigenvalue weighted by molar-refractivity contribution is 0.337. The van der Waals surface area contributed by atoms with E-state index in [1.54, 1.807) is 0 Å². The van der Waals surface area contributed by atoms with Gasteiger partial charge in [0.1, 0.15) is 5.75 Å². The zero-order valence-electron chi connectivity index (χ0n) is 6.58. The Morgan fingerprint density at radius 2 is 2.09 bits per heavy atom. The molecular weight excluding hydrogens is 156 g/mol. The van der Waals surface area contributed by atoms with Crippen LogP contribution in [0.3, 0.4) is 0 Å². The predicted molar refractivity (Wildman–Crippen MR) is 50.3 cm³/mol. The number of ether oxygens (including phenoxy) is 1. The average molecular weight is 168 g/mol. The third-order valence-corrected chi connectivity index (χ3v) is 1.78. The minimum absolute atomic E-state index is 0.713. The number of thiol groups is 1. The Bertz CT molecular complexity index is 223. The van der Waals surface area contributed by atoms with E-state index >= 15 is 0 Å². The van der Waals surface area contributed by atoms with Crippen LogP contribution in [0, 0.1) is 0 Å². The maximum atomic E-state index is 5.38. The number of para-hydroxylation sites is 1. The Morgan fingerprint density at radius 3 is 2.73 bits per heavy atom. The summed E-state index contributed by atoms with van der Waals surface area (Å²) >= 11 is 4.19. The molecule has 0 unspecified atom stereocenters. The van der Waals surface area contributed by atoms with Crippen molar-refractivity contribution in [2.24, 2.45) is 0 Å². The smallest absolute Gasteiger partial charge is 0.123 e. The number of hydrogen-bond acceptors (Lipinski definition) is 2. The Hall–Kier alpha value is -0.630. The highest BCUT2D eigenvalue weighted by Crippen LogP contribution is 2.18. The van der Waals surface area contributed by atoms with Crippen LogP contribution in [0.5, 0.6) is 5.75 Å². The van der Waals surface area contributed by atoms with E-state index in [0.717, 1.165) is 17.1 Å². The lowest BCUT2D eigenvalue weighted by atomic mass is 10.2. The van der Waals surface area contributed by atoms with Gasteiger partial charge in [-0.25, -0.2) is 0 Å². The maximum Gasteiger partial charge on any atom is 0.123 e. The fourth-order valence-electron chi connectivity index (χ4n) is 0.931. The van der Waals surface area contributed by atoms with Crippen molar-refractivity contribution in [2.45, 2.75) is 12.7 Å². The van der Waals surface area contributed by atoms with Crippen molar-refractivity contribution in [3.05, 3.63) is 29.8 Å². The van der Waals surface area contributed by atoms with E-state index in [9.17, 15) is 0 Å². The van der Waals surface area contributed by atoms with Crippen LogP contribution in [-0.2, 0) is 5.75 Å². The Labute approximate surface area is 72.8 Å². The second kappa shape index (κ2) is 4.29. The van der Waals surface area contributed by atoms with E-state index < -0.39 is 0 Å². The average Bonchev–Trinajstić information content (AvgIpc) is 2.06. The molecule has 0 amide bonds. The fraction of sp³-hybridized carbons (Fsp3) is 0.333. The summed E-state index contributed by atoms with van der Waals surface area (Å²) in [5, 5.41) is 0. The number of rotatable bonds is 3. The van der Waals surface area contributed by atoms with E-state index in [0.29, 0.717) is 6.61 Å². The van der Waals surface area contributed by atoms with E-state index in [4.69, 9.17) is 4.74 Å². The molecule has 0 aromatic heterocycles. The van der Waals surface area contributed by atoms with Crippen LogP contribution < -0.4 is 4.74 Å². The molecule has 1 aromatic carbocycles. The van der Waals surface area contributed by atoms with Crippen molar-refractivity contribution in [2.75, 3.05) is 6.61 Å². The maximum absolute atomic E-state index is 5.38. The van der Waals surface area contributed by atoms with Gasteiger partial charge >= 0.3 is 0 Å². The topological polar surface area (TPSA) is 9.23 Å². The van der Waals surface area contributed by atoms with Gasteiger partial charge in [-0.15, -0.1) is 0 Å². The molecule has 2 heteroatoms. The minimum Gasteiger partial charge on any atom is -0.494 e. The van der Waals surface area contributed by atoms with Gasteiger partial charge in [-0.1, -0.05) is 18.2 Å². The Morgan fingerprint density at radius 1 is 1.36 bits per heavy atom. The van der Waals surface area contributed by atoms with Gasteiger partial charge < -0.3 is 4.74 Å². The third-order valence-electron chi connectivity index (χ3n) is 1.44. The van der Waals surface area contributed by atoms with Crippen LogP contribution in [0.25, 0.3) is 0 Å². The van der Waals surface area contributed by atoms with E-state index in [1.165, 1.54) is 0 Å². The molecule has 0 bridgehead atoms. The Balaban J connectivity index is 2.83. The molecule has 0 aliphatic rings. The van der Waals surface area contributed by atoms with E-state index in [2.05, 4.69) is 12.6 Å². The minimum atomic E-state index is 0.713. The van der Waals surface area contributed by atoms with Gasteiger partial charge in [-0.3, -0.25) is 0 Å². The number of benzene rings is 1. The highest BCUT2D eigenvalue weighted by molar-refractivity contribution is 7.79. The largest absolute Gasteiger partial charge is 0.494 e. The quantitative estimate of drug-likeness (QED) is 0.682. The van der Waals surface area contributed by atoms with Crippen LogP contribution in [0.4, 0.5) is 0 Å². The predicted octanol–water partition coefficient (Wildman–Crippen LogP) is 2.52. The second-order valence-corrected chi connectivity index (χ2v) is 2.52. The van der Waals surface area contributed by atoms with Crippen LogP contribution in [-0.4, -0.2) is 6.61 Å². The monoisotopic (exact) mass is 168 g/mol. The van der Waals surface area contributed by atoms with Crippen LogP contribution in [0.15, 0.2) is 24.3 Å². The zero-order chi connectivity index (χ0) is 8.10. The van der Waals surface area contributed by atoms with Crippen molar-refractivity contribution in [3.63, 3.8) is 0 Å². The molecule has 0 saturated carbocycles. The molecular formula is C9H12OS. The molecule has 60 valence electrons. The molecule has 1 aromatic rings. The second-order valence-electron chi connectivity index (χ2n) is 2.20. The normalized spacial score (nSPS) is 9.64. The van der Waals surface area contributed by atoms with E-state index in [1.807, 2.05) is 31.2 Å². The van der Waals surface area contributed by atoms with Crippen molar-refractivity contribution < 1.29 is 4.74 Å². The van der Waals surface area contributed by atoms with Gasteiger partial charge in [0, 0.05) is 11.3 Å². The van der Waals surface area contributed by atoms with Crippen molar-refractivity contribution in [1.82, 2.24) is 0 Å². The summed E-state index contributed by atoms with van der Waals surface area (Å²) in [6.45, 7) is 2.69. The lowest BCUT2D eigenvalue weighted by Crippen LogP contribution is -1.94. The lowest BCUT2D eigenvalue weighted by Gasteiger charge is -2.06. The zero-order valence-corrected chi connectivity index (χ0v) is 7.47. The summed E-state index contributed by atoms with van der Waals surface area (Å²) in [6, 6.07) is 7.96. The van der Waals surface area contributed by atoms with E-state index in [-0.39, 0.29) is 0 Å². The van der Waals surface area contributed by atoms with Crippen molar-refractivity contribution >= 4 is 12.6 Å². The molecule has 0 saturated heterocycles. The standard InChI is InChI=1S/C9H12OS/c1-2-10-9-6-4-3-5-8(9)7-11/h3-6,11H,2,7H2,1H3. The van der Waals surface area contributed by atoms with Gasteiger partial charge in [-0.2, -0.15) is 12.6 Å². The summed E-state index contributed by atoms with van der Waals surface area (Å²) in [7, 11) is 0. The molecule has 0 spiro atoms. The summed E-state index contributed by atoms with van der Waals surface area (Å²) in [5.74, 6) is 1.68. The molecule has 0 atom stereocenters. The van der Waals surface area contributed by atoms with Crippen molar-refractivity contribution in [3.8, 4) is 5.75 Å². The first-order chi connectivity index (χ1) is 5.38. The molecule has 0 fully saturated rings. The van der Waals surface area contributed by atoms with Crippen molar-refractivity contribution in [1.29, 1.82) is 0 Å². The SMILES string of the molecule is CCOc1ccccc1CS. The summed E-state index contributed by atoms with van der Waals surface area (Å²) < 4.78 is 5.38. The molecule has 0 aliphatic heterocycles. The highest BCUT2D eigenvalue weighted by atomic mass is 32.1. The van der Waals surface area contributed by atoms with Crippen LogP contribution in [0.1, 0.15) is 12.5 Å². The molecule has 1 nitrogen and oxygen atoms in total. The molecule has 0 N–H and O–H groups in total. The molecule has 0 radical (unpaired) electrons. The van der Waals surface area contributed by atoms with Gasteiger partial charge in [0.05, 0.1) is 6.61 Å². The molecule has 1 rings (SSSR count). The van der Waals surface area contributed by atoms with Gasteiger partial charge in [0.2, 0.25) is 0 Å². The first-order valence-electron chi connectivity index (χ1n) is 3.70. The number of hydrogen-bond donors (Lipinski definition) is 1. The first-order valence-corrected chi connectivity index (χ1v) is 4.33. The fourth-order valence-corrected chi connectivity index (χ4v) is 1.19. The van der Waals surface area contributed by atoms with Gasteiger partial charge in [0.15, 0.2) is 0 Å². The first kappa shape index (κ1) is 8.47. The molecule has 0 heterocycles. The van der Waals surface area contributed by atoms with Crippen LogP contribution in [0.2, 0.25) is 0 Å². The summed E-state index contributed by atoms with van der Waals surface area (Å²) in [6.07, 6.45) is 0.